The largest absolute Gasteiger partial charge is 0.383 e. The maximum absolute atomic E-state index is 13.6. The Morgan fingerprint density at radius 1 is 1.30 bits per heavy atom. The minimum Gasteiger partial charge on any atom is -0.383 e. The molecule has 208 valence electrons. The first kappa shape index (κ1) is 29.4. The second kappa shape index (κ2) is 12.1. The second-order valence-corrected chi connectivity index (χ2v) is 12.8. The van der Waals surface area contributed by atoms with Crippen LogP contribution in [0.25, 0.3) is 0 Å². The summed E-state index contributed by atoms with van der Waals surface area (Å²) in [4.78, 5) is 18.9. The van der Waals surface area contributed by atoms with E-state index in [2.05, 4.69) is 28.9 Å². The highest BCUT2D eigenvalue weighted by Gasteiger charge is 2.35. The number of piperidine rings is 1. The van der Waals surface area contributed by atoms with Crippen LogP contribution in [0.4, 0.5) is 14.5 Å². The molecule has 13 heteroatoms. The highest BCUT2D eigenvalue weighted by Crippen LogP contribution is 2.38. The van der Waals surface area contributed by atoms with Gasteiger partial charge in [0.05, 0.1) is 5.69 Å². The molecule has 0 unspecified atom stereocenters. The zero-order chi connectivity index (χ0) is 27.4. The van der Waals surface area contributed by atoms with Crippen LogP contribution >= 0.6 is 11.6 Å². The van der Waals surface area contributed by atoms with Gasteiger partial charge >= 0.3 is 0 Å². The number of hydrogen-bond donors (Lipinski definition) is 4. The van der Waals surface area contributed by atoms with Crippen molar-refractivity contribution in [3.63, 3.8) is 0 Å². The molecule has 0 aromatic heterocycles. The topological polar surface area (TPSA) is 143 Å². The molecule has 0 radical (unpaired) electrons. The number of carbonyl (C=O) groups is 1. The molecule has 37 heavy (non-hydrogen) atoms. The van der Waals surface area contributed by atoms with E-state index in [0.717, 1.165) is 5.56 Å². The van der Waals surface area contributed by atoms with Crippen LogP contribution in [0, 0.1) is 11.3 Å². The Morgan fingerprint density at radius 2 is 1.97 bits per heavy atom. The molecule has 1 saturated heterocycles. The molecule has 6 N–H and O–H groups in total. The van der Waals surface area contributed by atoms with E-state index in [4.69, 9.17) is 23.1 Å². The van der Waals surface area contributed by atoms with Crippen molar-refractivity contribution in [1.29, 1.82) is 0 Å². The zero-order valence-corrected chi connectivity index (χ0v) is 22.8. The lowest BCUT2D eigenvalue weighted by molar-refractivity contribution is -0.134. The lowest BCUT2D eigenvalue weighted by Crippen LogP contribution is -2.51. The summed E-state index contributed by atoms with van der Waals surface area (Å²) in [5, 5.41) is 3.51. The van der Waals surface area contributed by atoms with Crippen LogP contribution in [0.15, 0.2) is 22.0 Å². The average Bonchev–Trinajstić information content (AvgIpc) is 2.79. The molecule has 1 aromatic carbocycles. The van der Waals surface area contributed by atoms with Crippen molar-refractivity contribution in [1.82, 2.24) is 9.62 Å². The molecule has 1 atom stereocenters. The summed E-state index contributed by atoms with van der Waals surface area (Å²) in [6.45, 7) is 5.56. The van der Waals surface area contributed by atoms with Crippen LogP contribution in [-0.2, 0) is 21.2 Å². The first-order chi connectivity index (χ1) is 17.3. The number of halogens is 3. The number of anilines is 1. The number of likely N-dealkylation sites (tertiary alicyclic amines) is 1. The number of guanidine groups is 1. The van der Waals surface area contributed by atoms with Crippen LogP contribution in [0.1, 0.15) is 51.5 Å². The molecule has 9 nitrogen and oxygen atoms in total. The number of hydrogen-bond acceptors (Lipinski definition) is 5. The Kier molecular flexibility index (Phi) is 9.62. The summed E-state index contributed by atoms with van der Waals surface area (Å²) in [7, 11) is -4.15. The van der Waals surface area contributed by atoms with Gasteiger partial charge in [-0.2, -0.15) is 4.72 Å². The number of aliphatic imine (C=N–C) groups is 1. The Morgan fingerprint density at radius 3 is 2.59 bits per heavy atom. The highest BCUT2D eigenvalue weighted by molar-refractivity contribution is 7.89. The molecule has 2 heterocycles. The van der Waals surface area contributed by atoms with Gasteiger partial charge in [0.1, 0.15) is 10.9 Å². The van der Waals surface area contributed by atoms with Gasteiger partial charge in [0.2, 0.25) is 22.4 Å². The van der Waals surface area contributed by atoms with Gasteiger partial charge < -0.3 is 21.7 Å². The maximum Gasteiger partial charge on any atom is 0.243 e. The second-order valence-electron chi connectivity index (χ2n) is 10.7. The van der Waals surface area contributed by atoms with Gasteiger partial charge in [0.15, 0.2) is 5.96 Å². The number of nitrogens with zero attached hydrogens (tertiary/aromatic N) is 2. The molecule has 1 aromatic rings. The molecule has 1 fully saturated rings. The summed E-state index contributed by atoms with van der Waals surface area (Å²) < 4.78 is 55.3. The van der Waals surface area contributed by atoms with Gasteiger partial charge in [-0.3, -0.25) is 9.79 Å². The zero-order valence-electron chi connectivity index (χ0n) is 21.3. The number of benzene rings is 1. The van der Waals surface area contributed by atoms with Gasteiger partial charge in [-0.15, -0.1) is 0 Å². The van der Waals surface area contributed by atoms with E-state index in [9.17, 15) is 22.0 Å². The highest BCUT2D eigenvalue weighted by atomic mass is 35.5. The number of fused-ring (bicyclic) bond motifs is 1. The van der Waals surface area contributed by atoms with Crippen LogP contribution in [0.2, 0.25) is 5.02 Å². The van der Waals surface area contributed by atoms with Crippen LogP contribution in [0.5, 0.6) is 0 Å². The predicted octanol–water partition coefficient (Wildman–Crippen LogP) is 2.93. The minimum absolute atomic E-state index is 0.0110. The molecule has 0 saturated carbocycles. The van der Waals surface area contributed by atoms with Gasteiger partial charge in [-0.05, 0) is 61.1 Å². The summed E-state index contributed by atoms with van der Waals surface area (Å²) in [5.74, 6) is -0.646. The third-order valence-corrected chi connectivity index (χ3v) is 8.54. The summed E-state index contributed by atoms with van der Waals surface area (Å²) in [6, 6.07) is 2.07. The molecule has 0 aliphatic carbocycles. The number of rotatable bonds is 10. The van der Waals surface area contributed by atoms with E-state index < -0.39 is 28.4 Å². The SMILES string of the molecule is CC1(C)CNc2c(cc(Cl)cc2S(=O)(=O)N[C@@H](CCCN=C(N)N)C(=O)N2CCC(CC(F)F)CC2)C1. The van der Waals surface area contributed by atoms with E-state index in [1.54, 1.807) is 11.0 Å². The summed E-state index contributed by atoms with van der Waals surface area (Å²) in [5.41, 5.74) is 12.0. The number of amides is 1. The predicted molar refractivity (Wildman–Crippen MR) is 141 cm³/mol. The average molecular weight is 563 g/mol. The molecular formula is C24H37ClF2N6O3S. The van der Waals surface area contributed by atoms with E-state index in [0.29, 0.717) is 51.0 Å². The van der Waals surface area contributed by atoms with Crippen LogP contribution in [-0.4, -0.2) is 63.8 Å². The lowest BCUT2D eigenvalue weighted by Gasteiger charge is -2.35. The number of sulfonamides is 1. The molecular weight excluding hydrogens is 526 g/mol. The first-order valence-electron chi connectivity index (χ1n) is 12.5. The Hall–Kier alpha value is -2.18. The van der Waals surface area contributed by atoms with E-state index in [1.807, 2.05) is 0 Å². The molecule has 0 bridgehead atoms. The molecule has 2 aliphatic heterocycles. The fraction of sp³-hybridized carbons (Fsp3) is 0.667. The number of alkyl halides is 2. The summed E-state index contributed by atoms with van der Waals surface area (Å²) >= 11 is 6.30. The monoisotopic (exact) mass is 562 g/mol. The van der Waals surface area contributed by atoms with E-state index in [-0.39, 0.29) is 46.6 Å². The lowest BCUT2D eigenvalue weighted by atomic mass is 9.82. The van der Waals surface area contributed by atoms with Crippen LogP contribution < -0.4 is 21.5 Å². The normalized spacial score (nSPS) is 18.7. The van der Waals surface area contributed by atoms with Gasteiger partial charge in [0, 0.05) is 37.6 Å². The third-order valence-electron chi connectivity index (χ3n) is 6.83. The Labute approximate surface area is 222 Å². The van der Waals surface area contributed by atoms with Gasteiger partial charge in [0.25, 0.3) is 0 Å². The minimum atomic E-state index is -4.15. The fourth-order valence-electron chi connectivity index (χ4n) is 4.94. The molecule has 0 spiro atoms. The van der Waals surface area contributed by atoms with Crippen molar-refractivity contribution in [2.24, 2.45) is 27.8 Å². The van der Waals surface area contributed by atoms with E-state index in [1.165, 1.54) is 6.07 Å². The smallest absolute Gasteiger partial charge is 0.243 e. The standard InChI is InChI=1S/C24H37ClF2N6O3S/c1-24(2)13-16-11-17(25)12-19(21(16)31-14-24)37(35,36)32-18(4-3-7-30-23(28)29)22(34)33-8-5-15(6-9-33)10-20(26)27/h11-12,15,18,20,31-32H,3-10,13-14H2,1-2H3,(H4,28,29,30)/t18-/m0/s1. The molecule has 2 aliphatic rings. The Bertz CT molecular complexity index is 1100. The van der Waals surface area contributed by atoms with Crippen molar-refractivity contribution >= 4 is 39.2 Å². The van der Waals surface area contributed by atoms with E-state index >= 15 is 0 Å². The molecule has 1 amide bonds. The summed E-state index contributed by atoms with van der Waals surface area (Å²) in [6.07, 6.45) is -0.512. The van der Waals surface area contributed by atoms with Gasteiger partial charge in [-0.25, -0.2) is 17.2 Å². The Balaban J connectivity index is 1.82. The number of nitrogens with two attached hydrogens (primary N) is 2. The number of nitrogens with one attached hydrogen (secondary N) is 2. The number of carbonyl (C=O) groups excluding carboxylic acids is 1. The third kappa shape index (κ3) is 8.15. The quantitative estimate of drug-likeness (QED) is 0.196. The van der Waals surface area contributed by atoms with Crippen molar-refractivity contribution in [3.8, 4) is 0 Å². The fourth-order valence-corrected chi connectivity index (χ4v) is 6.72. The van der Waals surface area contributed by atoms with Crippen molar-refractivity contribution < 1.29 is 22.0 Å². The first-order valence-corrected chi connectivity index (χ1v) is 14.3. The van der Waals surface area contributed by atoms with Crippen molar-refractivity contribution in [2.75, 3.05) is 31.5 Å². The molecule has 3 rings (SSSR count). The van der Waals surface area contributed by atoms with Crippen molar-refractivity contribution in [2.45, 2.75) is 69.7 Å². The van der Waals surface area contributed by atoms with Gasteiger partial charge in [-0.1, -0.05) is 25.4 Å². The van der Waals surface area contributed by atoms with Crippen LogP contribution in [0.3, 0.4) is 0 Å². The maximum atomic E-state index is 13.6. The van der Waals surface area contributed by atoms with Crippen molar-refractivity contribution in [3.05, 3.63) is 22.7 Å².